The van der Waals surface area contributed by atoms with Gasteiger partial charge in [-0.3, -0.25) is 0 Å². The van der Waals surface area contributed by atoms with E-state index < -0.39 is 5.97 Å². The van der Waals surface area contributed by atoms with Crippen molar-refractivity contribution in [2.24, 2.45) is 0 Å². The first kappa shape index (κ1) is 13.4. The third-order valence-corrected chi connectivity index (χ3v) is 3.48. The summed E-state index contributed by atoms with van der Waals surface area (Å²) in [7, 11) is 1.42. The number of hydrogen-bond donors (Lipinski definition) is 2. The third-order valence-electron chi connectivity index (χ3n) is 2.66. The second-order valence-corrected chi connectivity index (χ2v) is 4.65. The standard InChI is InChI=1S/C12H10BrNO5/c1-5-6(13)3-8(18-2)11(15)10(5)7-4-9(12(16)17)19-14-7/h3-4,15H,1-2H3,(H,16,17). The van der Waals surface area contributed by atoms with Crippen LogP contribution in [0.3, 0.4) is 0 Å². The molecule has 2 aromatic rings. The lowest BCUT2D eigenvalue weighted by molar-refractivity contribution is 0.0652. The van der Waals surface area contributed by atoms with Gasteiger partial charge < -0.3 is 19.5 Å². The second kappa shape index (κ2) is 4.93. The molecule has 100 valence electrons. The molecule has 0 atom stereocenters. The van der Waals surface area contributed by atoms with Crippen LogP contribution in [-0.4, -0.2) is 28.4 Å². The molecule has 1 heterocycles. The average molecular weight is 328 g/mol. The maximum absolute atomic E-state index is 10.8. The number of phenolic OH excluding ortho intramolecular Hbond substituents is 1. The van der Waals surface area contributed by atoms with Gasteiger partial charge in [-0.05, 0) is 18.6 Å². The molecular weight excluding hydrogens is 318 g/mol. The van der Waals surface area contributed by atoms with Gasteiger partial charge in [-0.2, -0.15) is 0 Å². The first-order valence-electron chi connectivity index (χ1n) is 5.22. The normalized spacial score (nSPS) is 10.5. The van der Waals surface area contributed by atoms with E-state index in [1.165, 1.54) is 13.2 Å². The fourth-order valence-corrected chi connectivity index (χ4v) is 2.08. The SMILES string of the molecule is COc1cc(Br)c(C)c(-c2cc(C(=O)O)on2)c1O. The van der Waals surface area contributed by atoms with Gasteiger partial charge in [-0.1, -0.05) is 21.1 Å². The molecule has 0 aliphatic rings. The Labute approximate surface area is 116 Å². The molecule has 6 nitrogen and oxygen atoms in total. The molecule has 2 rings (SSSR count). The number of aromatic hydroxyl groups is 1. The lowest BCUT2D eigenvalue weighted by atomic mass is 10.0. The van der Waals surface area contributed by atoms with Crippen LogP contribution in [-0.2, 0) is 0 Å². The summed E-state index contributed by atoms with van der Waals surface area (Å²) in [6.45, 7) is 1.76. The zero-order valence-electron chi connectivity index (χ0n) is 10.1. The monoisotopic (exact) mass is 327 g/mol. The number of rotatable bonds is 3. The number of aromatic nitrogens is 1. The van der Waals surface area contributed by atoms with Gasteiger partial charge in [0.1, 0.15) is 5.69 Å². The molecule has 0 saturated heterocycles. The van der Waals surface area contributed by atoms with E-state index in [9.17, 15) is 9.90 Å². The smallest absolute Gasteiger partial charge is 0.374 e. The predicted octanol–water partition coefficient (Wildman–Crippen LogP) is 2.82. The predicted molar refractivity (Wildman–Crippen MR) is 69.6 cm³/mol. The van der Waals surface area contributed by atoms with Crippen LogP contribution >= 0.6 is 15.9 Å². The highest BCUT2D eigenvalue weighted by molar-refractivity contribution is 9.10. The molecule has 0 aliphatic carbocycles. The van der Waals surface area contributed by atoms with E-state index >= 15 is 0 Å². The summed E-state index contributed by atoms with van der Waals surface area (Å²) < 4.78 is 10.4. The van der Waals surface area contributed by atoms with Crippen molar-refractivity contribution >= 4 is 21.9 Å². The largest absolute Gasteiger partial charge is 0.504 e. The highest BCUT2D eigenvalue weighted by atomic mass is 79.9. The van der Waals surface area contributed by atoms with Crippen LogP contribution in [0, 0.1) is 6.92 Å². The van der Waals surface area contributed by atoms with Crippen molar-refractivity contribution in [3.05, 3.63) is 27.9 Å². The topological polar surface area (TPSA) is 92.8 Å². The lowest BCUT2D eigenvalue weighted by Gasteiger charge is -2.11. The van der Waals surface area contributed by atoms with Crippen LogP contribution < -0.4 is 4.74 Å². The number of hydrogen-bond acceptors (Lipinski definition) is 5. The van der Waals surface area contributed by atoms with Crippen molar-refractivity contribution in [3.8, 4) is 22.8 Å². The molecule has 0 unspecified atom stereocenters. The van der Waals surface area contributed by atoms with E-state index in [-0.39, 0.29) is 23.0 Å². The van der Waals surface area contributed by atoms with E-state index in [0.29, 0.717) is 15.6 Å². The highest BCUT2D eigenvalue weighted by Crippen LogP contribution is 2.42. The molecule has 19 heavy (non-hydrogen) atoms. The summed E-state index contributed by atoms with van der Waals surface area (Å²) in [5.74, 6) is -1.38. The number of nitrogens with zero attached hydrogens (tertiary/aromatic N) is 1. The number of ether oxygens (including phenoxy) is 1. The molecule has 0 spiro atoms. The van der Waals surface area contributed by atoms with Crippen LogP contribution in [0.4, 0.5) is 0 Å². The third kappa shape index (κ3) is 2.28. The Kier molecular flexibility index (Phi) is 3.48. The molecule has 0 radical (unpaired) electrons. The second-order valence-electron chi connectivity index (χ2n) is 3.79. The number of carboxylic acid groups (broad SMARTS) is 1. The minimum atomic E-state index is -1.22. The summed E-state index contributed by atoms with van der Waals surface area (Å²) in [5, 5.41) is 22.6. The summed E-state index contributed by atoms with van der Waals surface area (Å²) in [6.07, 6.45) is 0. The van der Waals surface area contributed by atoms with Gasteiger partial charge in [0.25, 0.3) is 0 Å². The molecule has 2 N–H and O–H groups in total. The van der Waals surface area contributed by atoms with Crippen molar-refractivity contribution in [1.82, 2.24) is 5.16 Å². The van der Waals surface area contributed by atoms with E-state index in [1.54, 1.807) is 13.0 Å². The van der Waals surface area contributed by atoms with Crippen LogP contribution in [0.2, 0.25) is 0 Å². The average Bonchev–Trinajstić information content (AvgIpc) is 2.83. The molecule has 0 aliphatic heterocycles. The van der Waals surface area contributed by atoms with Gasteiger partial charge in [0, 0.05) is 10.5 Å². The van der Waals surface area contributed by atoms with Crippen LogP contribution in [0.15, 0.2) is 21.1 Å². The molecule has 0 fully saturated rings. The Morgan fingerprint density at radius 3 is 2.68 bits per heavy atom. The fraction of sp³-hybridized carbons (Fsp3) is 0.167. The Balaban J connectivity index is 2.66. The highest BCUT2D eigenvalue weighted by Gasteiger charge is 2.21. The molecular formula is C12H10BrNO5. The van der Waals surface area contributed by atoms with Crippen LogP contribution in [0.1, 0.15) is 16.1 Å². The van der Waals surface area contributed by atoms with Gasteiger partial charge in [0.05, 0.1) is 12.7 Å². The number of carbonyl (C=O) groups is 1. The number of carboxylic acids is 1. The van der Waals surface area contributed by atoms with Gasteiger partial charge >= 0.3 is 5.97 Å². The first-order chi connectivity index (χ1) is 8.95. The maximum atomic E-state index is 10.8. The summed E-state index contributed by atoms with van der Waals surface area (Å²) in [5.41, 5.74) is 1.29. The molecule has 0 saturated carbocycles. The van der Waals surface area contributed by atoms with Gasteiger partial charge in [0.15, 0.2) is 11.5 Å². The fourth-order valence-electron chi connectivity index (χ4n) is 1.67. The van der Waals surface area contributed by atoms with Gasteiger partial charge in [0.2, 0.25) is 5.76 Å². The van der Waals surface area contributed by atoms with Crippen molar-refractivity contribution in [1.29, 1.82) is 0 Å². The summed E-state index contributed by atoms with van der Waals surface area (Å²) in [4.78, 5) is 10.8. The zero-order chi connectivity index (χ0) is 14.2. The minimum absolute atomic E-state index is 0.117. The number of methoxy groups -OCH3 is 1. The minimum Gasteiger partial charge on any atom is -0.504 e. The van der Waals surface area contributed by atoms with E-state index in [2.05, 4.69) is 25.6 Å². The number of aromatic carboxylic acids is 1. The molecule has 0 bridgehead atoms. The quantitative estimate of drug-likeness (QED) is 0.900. The zero-order valence-corrected chi connectivity index (χ0v) is 11.7. The number of halogens is 1. The van der Waals surface area contributed by atoms with Crippen molar-refractivity contribution < 1.29 is 24.3 Å². The number of benzene rings is 1. The first-order valence-corrected chi connectivity index (χ1v) is 6.01. The molecule has 7 heteroatoms. The lowest BCUT2D eigenvalue weighted by Crippen LogP contribution is -1.93. The summed E-state index contributed by atoms with van der Waals surface area (Å²) >= 11 is 3.34. The molecule has 1 aromatic carbocycles. The molecule has 1 aromatic heterocycles. The van der Waals surface area contributed by atoms with E-state index in [1.807, 2.05) is 0 Å². The Morgan fingerprint density at radius 2 is 2.16 bits per heavy atom. The van der Waals surface area contributed by atoms with Crippen molar-refractivity contribution in [3.63, 3.8) is 0 Å². The maximum Gasteiger partial charge on any atom is 0.374 e. The van der Waals surface area contributed by atoms with Gasteiger partial charge in [-0.15, -0.1) is 0 Å². The molecule has 0 amide bonds. The van der Waals surface area contributed by atoms with Crippen molar-refractivity contribution in [2.45, 2.75) is 6.92 Å². The number of phenols is 1. The van der Waals surface area contributed by atoms with Crippen molar-refractivity contribution in [2.75, 3.05) is 7.11 Å². The van der Waals surface area contributed by atoms with Gasteiger partial charge in [-0.25, -0.2) is 4.79 Å². The van der Waals surface area contributed by atoms with Crippen LogP contribution in [0.5, 0.6) is 11.5 Å². The summed E-state index contributed by atoms with van der Waals surface area (Å²) in [6, 6.07) is 2.86. The Hall–Kier alpha value is -2.02. The van der Waals surface area contributed by atoms with E-state index in [4.69, 9.17) is 9.84 Å². The Morgan fingerprint density at radius 1 is 1.47 bits per heavy atom. The Bertz CT molecular complexity index is 650. The van der Waals surface area contributed by atoms with Crippen LogP contribution in [0.25, 0.3) is 11.3 Å². The van der Waals surface area contributed by atoms with E-state index in [0.717, 1.165) is 0 Å².